The Morgan fingerprint density at radius 3 is 2.16 bits per heavy atom. The number of nitrogens with one attached hydrogen (secondary N) is 1. The molecule has 0 aliphatic rings. The predicted molar refractivity (Wildman–Crippen MR) is 135 cm³/mol. The van der Waals surface area contributed by atoms with E-state index in [4.69, 9.17) is 19.5 Å². The third-order valence-electron chi connectivity index (χ3n) is 5.06. The molecule has 0 radical (unpaired) electrons. The lowest BCUT2D eigenvalue weighted by Crippen LogP contribution is -2.17. The molecule has 0 atom stereocenters. The van der Waals surface area contributed by atoms with Gasteiger partial charge in [-0.2, -0.15) is 5.26 Å². The van der Waals surface area contributed by atoms with Crippen molar-refractivity contribution in [3.05, 3.63) is 92.0 Å². The summed E-state index contributed by atoms with van der Waals surface area (Å²) in [5.41, 5.74) is 1.64. The van der Waals surface area contributed by atoms with Gasteiger partial charge in [-0.25, -0.2) is 19.4 Å². The number of methoxy groups -OCH3 is 2. The van der Waals surface area contributed by atoms with Crippen molar-refractivity contribution in [2.24, 2.45) is 0 Å². The normalized spacial score (nSPS) is 9.79. The Morgan fingerprint density at radius 2 is 1.58 bits per heavy atom. The average molecular weight is 522 g/mol. The molecule has 0 bridgehead atoms. The summed E-state index contributed by atoms with van der Waals surface area (Å²) in [6, 6.07) is 13.8. The number of aromatic amines is 1. The molecule has 2 aromatic heterocycles. The zero-order valence-corrected chi connectivity index (χ0v) is 21.6. The Morgan fingerprint density at radius 1 is 0.947 bits per heavy atom. The zero-order valence-electron chi connectivity index (χ0n) is 21.6. The van der Waals surface area contributed by atoms with Gasteiger partial charge in [0.2, 0.25) is 5.88 Å². The fourth-order valence-electron chi connectivity index (χ4n) is 3.12. The molecule has 0 saturated heterocycles. The second-order valence-corrected chi connectivity index (χ2v) is 7.61. The first-order valence-corrected chi connectivity index (χ1v) is 11.3. The Balaban J connectivity index is 0.000000293. The summed E-state index contributed by atoms with van der Waals surface area (Å²) in [6.07, 6.45) is 0. The summed E-state index contributed by atoms with van der Waals surface area (Å²) < 4.78 is 19.8. The van der Waals surface area contributed by atoms with Crippen LogP contribution in [0.15, 0.2) is 47.3 Å². The van der Waals surface area contributed by atoms with Crippen LogP contribution >= 0.6 is 0 Å². The largest absolute Gasteiger partial charge is 0.472 e. The Labute approximate surface area is 218 Å². The van der Waals surface area contributed by atoms with Gasteiger partial charge >= 0.3 is 17.9 Å². The summed E-state index contributed by atoms with van der Waals surface area (Å²) in [5.74, 6) is -1.63. The van der Waals surface area contributed by atoms with Crippen molar-refractivity contribution < 1.29 is 33.3 Å². The second kappa shape index (κ2) is 13.9. The zero-order chi connectivity index (χ0) is 28.2. The monoisotopic (exact) mass is 521 g/mol. The molecule has 1 N–H and O–H groups in total. The van der Waals surface area contributed by atoms with Gasteiger partial charge in [0.05, 0.1) is 37.6 Å². The molecule has 0 aliphatic carbocycles. The Bertz CT molecular complexity index is 1410. The maximum atomic E-state index is 11.9. The van der Waals surface area contributed by atoms with Crippen LogP contribution in [-0.4, -0.2) is 48.7 Å². The number of hydrogen-bond donors (Lipinski definition) is 1. The van der Waals surface area contributed by atoms with E-state index in [0.29, 0.717) is 11.4 Å². The molecule has 0 fully saturated rings. The lowest BCUT2D eigenvalue weighted by Gasteiger charge is -2.12. The van der Waals surface area contributed by atoms with Crippen LogP contribution in [0.3, 0.4) is 0 Å². The van der Waals surface area contributed by atoms with E-state index in [0.717, 1.165) is 5.56 Å². The van der Waals surface area contributed by atoms with Crippen LogP contribution in [0.2, 0.25) is 0 Å². The predicted octanol–water partition coefficient (Wildman–Crippen LogP) is 3.27. The molecule has 11 heteroatoms. The summed E-state index contributed by atoms with van der Waals surface area (Å²) in [4.78, 5) is 52.8. The second-order valence-electron chi connectivity index (χ2n) is 7.61. The minimum atomic E-state index is -0.634. The van der Waals surface area contributed by atoms with Crippen LogP contribution in [0.1, 0.15) is 60.5 Å². The molecule has 2 heterocycles. The third-order valence-corrected chi connectivity index (χ3v) is 5.06. The molecule has 0 saturated carbocycles. The van der Waals surface area contributed by atoms with E-state index in [2.05, 4.69) is 14.7 Å². The summed E-state index contributed by atoms with van der Waals surface area (Å²) in [6.45, 7) is 5.40. The number of H-pyrrole nitrogens is 1. The minimum Gasteiger partial charge on any atom is -0.472 e. The van der Waals surface area contributed by atoms with Crippen molar-refractivity contribution in [3.8, 4) is 11.9 Å². The number of ether oxygens (including phenoxy) is 4. The molecular formula is C27H27N3O8. The fraction of sp³-hybridized carbons (Fsp3) is 0.259. The molecule has 0 amide bonds. The van der Waals surface area contributed by atoms with Gasteiger partial charge in [0.1, 0.15) is 23.8 Å². The number of aromatic nitrogens is 2. The number of esters is 3. The molecule has 0 spiro atoms. The van der Waals surface area contributed by atoms with Gasteiger partial charge in [-0.1, -0.05) is 30.3 Å². The standard InChI is InChI=1S/C17H17NO5.C10H10N2O3/c1-11-13(16(19)21-2)9-14(17(20)22-3)15(18-11)23-10-12-7-5-4-6-8-12;1-3-15-10(14)8-4-7(5-11)9(13)12-6(8)2/h4-9H,10H2,1-3H3;4H,3H2,1-2H3,(H,12,13). The molecule has 11 nitrogen and oxygen atoms in total. The number of benzene rings is 1. The van der Waals surface area contributed by atoms with Gasteiger partial charge in [0.25, 0.3) is 5.56 Å². The molecular weight excluding hydrogens is 494 g/mol. The van der Waals surface area contributed by atoms with Crippen molar-refractivity contribution in [3.63, 3.8) is 0 Å². The highest BCUT2D eigenvalue weighted by molar-refractivity contribution is 5.97. The minimum absolute atomic E-state index is 0.0782. The molecule has 3 aromatic rings. The van der Waals surface area contributed by atoms with Crippen LogP contribution in [0, 0.1) is 25.2 Å². The molecule has 198 valence electrons. The molecule has 1 aromatic carbocycles. The van der Waals surface area contributed by atoms with Crippen LogP contribution in [-0.2, 0) is 20.8 Å². The van der Waals surface area contributed by atoms with E-state index in [-0.39, 0.29) is 41.3 Å². The van der Waals surface area contributed by atoms with Crippen molar-refractivity contribution in [1.29, 1.82) is 5.26 Å². The number of nitriles is 1. The van der Waals surface area contributed by atoms with Crippen LogP contribution in [0.25, 0.3) is 0 Å². The van der Waals surface area contributed by atoms with Gasteiger partial charge in [-0.15, -0.1) is 0 Å². The molecule has 0 aliphatic heterocycles. The van der Waals surface area contributed by atoms with Gasteiger partial charge in [-0.05, 0) is 38.5 Å². The highest BCUT2D eigenvalue weighted by Crippen LogP contribution is 2.22. The Kier molecular flexibility index (Phi) is 10.7. The maximum absolute atomic E-state index is 11.9. The van der Waals surface area contributed by atoms with Crippen LogP contribution < -0.4 is 10.3 Å². The number of pyridine rings is 2. The third kappa shape index (κ3) is 7.51. The van der Waals surface area contributed by atoms with Crippen molar-refractivity contribution in [2.45, 2.75) is 27.4 Å². The number of carbonyl (C=O) groups excluding carboxylic acids is 3. The van der Waals surface area contributed by atoms with E-state index < -0.39 is 23.5 Å². The number of aryl methyl sites for hydroxylation is 2. The number of carbonyl (C=O) groups is 3. The van der Waals surface area contributed by atoms with E-state index in [1.165, 1.54) is 26.4 Å². The van der Waals surface area contributed by atoms with Crippen molar-refractivity contribution in [1.82, 2.24) is 9.97 Å². The van der Waals surface area contributed by atoms with E-state index >= 15 is 0 Å². The molecule has 38 heavy (non-hydrogen) atoms. The Hall–Kier alpha value is -4.98. The quantitative estimate of drug-likeness (QED) is 0.361. The highest BCUT2D eigenvalue weighted by Gasteiger charge is 2.21. The topological polar surface area (TPSA) is 158 Å². The average Bonchev–Trinajstić information content (AvgIpc) is 2.92. The van der Waals surface area contributed by atoms with Gasteiger partial charge in [-0.3, -0.25) is 4.79 Å². The van der Waals surface area contributed by atoms with E-state index in [1.54, 1.807) is 26.8 Å². The first kappa shape index (κ1) is 29.3. The fourth-order valence-corrected chi connectivity index (χ4v) is 3.12. The number of hydrogen-bond acceptors (Lipinski definition) is 10. The lowest BCUT2D eigenvalue weighted by atomic mass is 10.1. The van der Waals surface area contributed by atoms with Gasteiger partial charge in [0.15, 0.2) is 0 Å². The molecule has 0 unspecified atom stereocenters. The highest BCUT2D eigenvalue weighted by atomic mass is 16.5. The van der Waals surface area contributed by atoms with Crippen LogP contribution in [0.5, 0.6) is 5.88 Å². The van der Waals surface area contributed by atoms with Crippen molar-refractivity contribution in [2.75, 3.05) is 20.8 Å². The number of rotatable bonds is 7. The smallest absolute Gasteiger partial charge is 0.343 e. The first-order valence-electron chi connectivity index (χ1n) is 11.3. The van der Waals surface area contributed by atoms with Gasteiger partial charge in [0, 0.05) is 5.69 Å². The van der Waals surface area contributed by atoms with Crippen LogP contribution in [0.4, 0.5) is 0 Å². The van der Waals surface area contributed by atoms with Crippen molar-refractivity contribution >= 4 is 17.9 Å². The maximum Gasteiger partial charge on any atom is 0.343 e. The summed E-state index contributed by atoms with van der Waals surface area (Å²) >= 11 is 0. The summed E-state index contributed by atoms with van der Waals surface area (Å²) in [7, 11) is 2.51. The number of nitrogens with zero attached hydrogens (tertiary/aromatic N) is 2. The molecule has 3 rings (SSSR count). The summed E-state index contributed by atoms with van der Waals surface area (Å²) in [5, 5.41) is 8.62. The SMILES string of the molecule is CCOC(=O)c1cc(C#N)c(=O)[nH]c1C.COC(=O)c1cc(C(=O)OC)c(OCc2ccccc2)nc1C. The van der Waals surface area contributed by atoms with E-state index in [9.17, 15) is 19.2 Å². The van der Waals surface area contributed by atoms with Gasteiger partial charge < -0.3 is 23.9 Å². The van der Waals surface area contributed by atoms with E-state index in [1.807, 2.05) is 30.3 Å². The lowest BCUT2D eigenvalue weighted by molar-refractivity contribution is 0.0522. The first-order chi connectivity index (χ1) is 18.2.